The Morgan fingerprint density at radius 2 is 2.10 bits per heavy atom. The molecule has 0 bridgehead atoms. The monoisotopic (exact) mass is 295 g/mol. The highest BCUT2D eigenvalue weighted by molar-refractivity contribution is 5.98. The summed E-state index contributed by atoms with van der Waals surface area (Å²) in [5, 5.41) is 15.9. The van der Waals surface area contributed by atoms with Gasteiger partial charge in [-0.1, -0.05) is 6.92 Å². The first kappa shape index (κ1) is 16.3. The van der Waals surface area contributed by atoms with Gasteiger partial charge in [0.2, 0.25) is 5.91 Å². The van der Waals surface area contributed by atoms with Gasteiger partial charge in [0.15, 0.2) is 0 Å². The van der Waals surface area contributed by atoms with E-state index in [1.807, 2.05) is 6.92 Å². The standard InChI is InChI=1S/C12H17N5O4/c1-2-4-14-11(18)3-5-15-12(19)8-6-10(13)16-7-9(8)17(20)21/h6-7H,2-5H2,1H3,(H2,13,16)(H,14,18)(H,15,19). The molecule has 0 aliphatic heterocycles. The normalized spacial score (nSPS) is 9.95. The number of hydrogen-bond donors (Lipinski definition) is 3. The molecule has 0 saturated heterocycles. The molecule has 21 heavy (non-hydrogen) atoms. The van der Waals surface area contributed by atoms with Gasteiger partial charge in [0, 0.05) is 19.5 Å². The highest BCUT2D eigenvalue weighted by Crippen LogP contribution is 2.18. The van der Waals surface area contributed by atoms with E-state index >= 15 is 0 Å². The van der Waals surface area contributed by atoms with Crippen molar-refractivity contribution >= 4 is 23.3 Å². The van der Waals surface area contributed by atoms with E-state index in [4.69, 9.17) is 5.73 Å². The Morgan fingerprint density at radius 1 is 1.38 bits per heavy atom. The maximum absolute atomic E-state index is 11.9. The number of anilines is 1. The topological polar surface area (TPSA) is 140 Å². The Bertz CT molecular complexity index is 546. The molecule has 1 rings (SSSR count). The molecule has 9 heteroatoms. The second-order valence-electron chi connectivity index (χ2n) is 4.24. The minimum absolute atomic E-state index is 0.00596. The molecule has 0 spiro atoms. The fraction of sp³-hybridized carbons (Fsp3) is 0.417. The van der Waals surface area contributed by atoms with E-state index in [0.717, 1.165) is 18.7 Å². The van der Waals surface area contributed by atoms with E-state index in [-0.39, 0.29) is 30.3 Å². The predicted molar refractivity (Wildman–Crippen MR) is 75.6 cm³/mol. The summed E-state index contributed by atoms with van der Waals surface area (Å²) in [6.45, 7) is 2.57. The summed E-state index contributed by atoms with van der Waals surface area (Å²) < 4.78 is 0. The van der Waals surface area contributed by atoms with Crippen molar-refractivity contribution in [1.82, 2.24) is 15.6 Å². The van der Waals surface area contributed by atoms with Crippen LogP contribution >= 0.6 is 0 Å². The van der Waals surface area contributed by atoms with Crippen LogP contribution in [-0.2, 0) is 4.79 Å². The second-order valence-corrected chi connectivity index (χ2v) is 4.24. The number of nitrogens with one attached hydrogen (secondary N) is 2. The van der Waals surface area contributed by atoms with Crippen LogP contribution in [0.2, 0.25) is 0 Å². The van der Waals surface area contributed by atoms with Crippen molar-refractivity contribution in [3.05, 3.63) is 27.9 Å². The average Bonchev–Trinajstić information content (AvgIpc) is 2.44. The summed E-state index contributed by atoms with van der Waals surface area (Å²) in [4.78, 5) is 36.9. The Hall–Kier alpha value is -2.71. The predicted octanol–water partition coefficient (Wildman–Crippen LogP) is 0.218. The van der Waals surface area contributed by atoms with Crippen LogP contribution in [0.25, 0.3) is 0 Å². The van der Waals surface area contributed by atoms with Gasteiger partial charge in [-0.3, -0.25) is 19.7 Å². The summed E-state index contributed by atoms with van der Waals surface area (Å²) in [5.74, 6) is -0.855. The van der Waals surface area contributed by atoms with Crippen molar-refractivity contribution in [3.63, 3.8) is 0 Å². The second kappa shape index (κ2) is 7.78. The summed E-state index contributed by atoms with van der Waals surface area (Å²) in [7, 11) is 0. The van der Waals surface area contributed by atoms with Crippen LogP contribution in [0, 0.1) is 10.1 Å². The summed E-state index contributed by atoms with van der Waals surface area (Å²) in [6, 6.07) is 1.13. The minimum atomic E-state index is -0.713. The van der Waals surface area contributed by atoms with Crippen LogP contribution in [0.5, 0.6) is 0 Å². The SMILES string of the molecule is CCCNC(=O)CCNC(=O)c1cc(N)ncc1[N+](=O)[O-]. The molecule has 0 atom stereocenters. The third-order valence-corrected chi connectivity index (χ3v) is 2.56. The number of nitro groups is 1. The number of amides is 2. The van der Waals surface area contributed by atoms with Crippen LogP contribution < -0.4 is 16.4 Å². The van der Waals surface area contributed by atoms with E-state index in [1.54, 1.807) is 0 Å². The highest BCUT2D eigenvalue weighted by Gasteiger charge is 2.21. The first-order valence-corrected chi connectivity index (χ1v) is 6.40. The highest BCUT2D eigenvalue weighted by atomic mass is 16.6. The lowest BCUT2D eigenvalue weighted by molar-refractivity contribution is -0.385. The van der Waals surface area contributed by atoms with E-state index in [9.17, 15) is 19.7 Å². The van der Waals surface area contributed by atoms with Gasteiger partial charge >= 0.3 is 0 Å². The molecule has 0 aromatic carbocycles. The lowest BCUT2D eigenvalue weighted by atomic mass is 10.2. The van der Waals surface area contributed by atoms with Gasteiger partial charge < -0.3 is 16.4 Å². The molecule has 2 amide bonds. The molecule has 4 N–H and O–H groups in total. The molecule has 1 heterocycles. The summed E-state index contributed by atoms with van der Waals surface area (Å²) >= 11 is 0. The number of carbonyl (C=O) groups excluding carboxylic acids is 2. The van der Waals surface area contributed by atoms with E-state index in [1.165, 1.54) is 0 Å². The zero-order valence-electron chi connectivity index (χ0n) is 11.6. The fourth-order valence-corrected chi connectivity index (χ4v) is 1.53. The van der Waals surface area contributed by atoms with Crippen LogP contribution in [0.4, 0.5) is 11.5 Å². The van der Waals surface area contributed by atoms with Crippen molar-refractivity contribution in [2.24, 2.45) is 0 Å². The molecule has 0 unspecified atom stereocenters. The molecule has 0 radical (unpaired) electrons. The van der Waals surface area contributed by atoms with Crippen LogP contribution in [0.1, 0.15) is 30.1 Å². The number of carbonyl (C=O) groups is 2. The summed E-state index contributed by atoms with van der Waals surface area (Å²) in [5.41, 5.74) is 4.81. The summed E-state index contributed by atoms with van der Waals surface area (Å²) in [6.07, 6.45) is 1.85. The lowest BCUT2D eigenvalue weighted by Crippen LogP contribution is -2.31. The zero-order chi connectivity index (χ0) is 15.8. The number of nitrogens with two attached hydrogens (primary N) is 1. The molecular formula is C12H17N5O4. The van der Waals surface area contributed by atoms with Crippen LogP contribution in [0.15, 0.2) is 12.3 Å². The molecule has 1 aromatic rings. The van der Waals surface area contributed by atoms with E-state index < -0.39 is 16.5 Å². The van der Waals surface area contributed by atoms with Gasteiger partial charge in [0.1, 0.15) is 17.6 Å². The number of aromatic nitrogens is 1. The molecule has 9 nitrogen and oxygen atoms in total. The van der Waals surface area contributed by atoms with Gasteiger partial charge in [-0.25, -0.2) is 4.98 Å². The van der Waals surface area contributed by atoms with Crippen LogP contribution in [0.3, 0.4) is 0 Å². The van der Waals surface area contributed by atoms with Crippen molar-refractivity contribution in [2.75, 3.05) is 18.8 Å². The fourth-order valence-electron chi connectivity index (χ4n) is 1.53. The maximum atomic E-state index is 11.9. The van der Waals surface area contributed by atoms with Gasteiger partial charge in [0.25, 0.3) is 11.6 Å². The Morgan fingerprint density at radius 3 is 2.71 bits per heavy atom. The maximum Gasteiger partial charge on any atom is 0.300 e. The zero-order valence-corrected chi connectivity index (χ0v) is 11.6. The first-order chi connectivity index (χ1) is 9.95. The number of hydrogen-bond acceptors (Lipinski definition) is 6. The molecule has 0 saturated carbocycles. The Labute approximate surface area is 121 Å². The molecule has 114 valence electrons. The molecule has 0 aliphatic carbocycles. The van der Waals surface area contributed by atoms with Gasteiger partial charge in [-0.2, -0.15) is 0 Å². The van der Waals surface area contributed by atoms with Gasteiger partial charge in [0.05, 0.1) is 4.92 Å². The lowest BCUT2D eigenvalue weighted by Gasteiger charge is -2.06. The molecular weight excluding hydrogens is 278 g/mol. The van der Waals surface area contributed by atoms with Gasteiger partial charge in [-0.05, 0) is 12.5 Å². The van der Waals surface area contributed by atoms with Crippen molar-refractivity contribution in [3.8, 4) is 0 Å². The number of rotatable bonds is 7. The number of nitrogens with zero attached hydrogens (tertiary/aromatic N) is 2. The van der Waals surface area contributed by atoms with E-state index in [2.05, 4.69) is 15.6 Å². The number of pyridine rings is 1. The molecule has 0 aliphatic rings. The Kier molecular flexibility index (Phi) is 6.05. The first-order valence-electron chi connectivity index (χ1n) is 6.40. The Balaban J connectivity index is 2.62. The third kappa shape index (κ3) is 5.05. The van der Waals surface area contributed by atoms with E-state index in [0.29, 0.717) is 6.54 Å². The van der Waals surface area contributed by atoms with Crippen LogP contribution in [-0.4, -0.2) is 34.8 Å². The quantitative estimate of drug-likeness (QED) is 0.485. The third-order valence-electron chi connectivity index (χ3n) is 2.56. The number of nitrogen functional groups attached to an aromatic ring is 1. The van der Waals surface area contributed by atoms with Crippen molar-refractivity contribution < 1.29 is 14.5 Å². The molecule has 0 fully saturated rings. The average molecular weight is 295 g/mol. The molecule has 1 aromatic heterocycles. The van der Waals surface area contributed by atoms with Crippen molar-refractivity contribution in [2.45, 2.75) is 19.8 Å². The largest absolute Gasteiger partial charge is 0.384 e. The smallest absolute Gasteiger partial charge is 0.300 e. The van der Waals surface area contributed by atoms with Crippen molar-refractivity contribution in [1.29, 1.82) is 0 Å². The minimum Gasteiger partial charge on any atom is -0.384 e. The van der Waals surface area contributed by atoms with Gasteiger partial charge in [-0.15, -0.1) is 0 Å².